The minimum atomic E-state index is -0.992. The monoisotopic (exact) mass is 660 g/mol. The Kier molecular flexibility index (Phi) is 13.8. The van der Waals surface area contributed by atoms with E-state index in [2.05, 4.69) is 10.9 Å². The highest BCUT2D eigenvalue weighted by molar-refractivity contribution is 7.80. The Morgan fingerprint density at radius 3 is 1.67 bits per heavy atom. The lowest BCUT2D eigenvalue weighted by Gasteiger charge is -2.44. The Balaban J connectivity index is 2.28. The van der Waals surface area contributed by atoms with Gasteiger partial charge in [-0.1, -0.05) is 49.7 Å². The SMILES string of the molecule is COC(=O)N(NC(N)=S)C(=O)N(CCCCC(C)C(C)(C)N(C(=O)N(NC(N)=S)C(=O)OC)c1ccccc1)c1ccccc1. The van der Waals surface area contributed by atoms with E-state index in [1.165, 1.54) is 9.80 Å². The molecule has 14 nitrogen and oxygen atoms in total. The lowest BCUT2D eigenvalue weighted by atomic mass is 9.83. The molecule has 0 saturated heterocycles. The van der Waals surface area contributed by atoms with Crippen molar-refractivity contribution in [2.75, 3.05) is 30.6 Å². The number of rotatable bonds is 9. The van der Waals surface area contributed by atoms with Gasteiger partial charge in [0.1, 0.15) is 0 Å². The number of urea groups is 2. The summed E-state index contributed by atoms with van der Waals surface area (Å²) in [5.74, 6) is -0.130. The Morgan fingerprint density at radius 2 is 1.22 bits per heavy atom. The van der Waals surface area contributed by atoms with Crippen LogP contribution in [0.15, 0.2) is 60.7 Å². The van der Waals surface area contributed by atoms with Crippen molar-refractivity contribution in [1.82, 2.24) is 20.9 Å². The van der Waals surface area contributed by atoms with Gasteiger partial charge in [0.15, 0.2) is 10.2 Å². The number of hydrazine groups is 2. The van der Waals surface area contributed by atoms with Crippen LogP contribution in [-0.4, -0.2) is 70.8 Å². The van der Waals surface area contributed by atoms with E-state index in [0.29, 0.717) is 40.7 Å². The molecular formula is C29H40N8O6S2. The van der Waals surface area contributed by atoms with Crippen molar-refractivity contribution < 1.29 is 28.7 Å². The third kappa shape index (κ3) is 9.90. The van der Waals surface area contributed by atoms with Gasteiger partial charge < -0.3 is 20.9 Å². The molecule has 0 aliphatic carbocycles. The number of imide groups is 2. The fourth-order valence-electron chi connectivity index (χ4n) is 4.47. The van der Waals surface area contributed by atoms with Crippen molar-refractivity contribution in [3.8, 4) is 0 Å². The first-order valence-electron chi connectivity index (χ1n) is 13.9. The predicted molar refractivity (Wildman–Crippen MR) is 179 cm³/mol. The molecule has 0 aliphatic heterocycles. The van der Waals surface area contributed by atoms with Gasteiger partial charge in [0.25, 0.3) is 0 Å². The Hall–Kier alpha value is -4.70. The molecule has 45 heavy (non-hydrogen) atoms. The largest absolute Gasteiger partial charge is 0.451 e. The number of hydrogen-bond acceptors (Lipinski definition) is 8. The van der Waals surface area contributed by atoms with Crippen LogP contribution < -0.4 is 32.1 Å². The van der Waals surface area contributed by atoms with Crippen LogP contribution in [0.1, 0.15) is 40.0 Å². The van der Waals surface area contributed by atoms with E-state index < -0.39 is 29.8 Å². The molecule has 0 heterocycles. The van der Waals surface area contributed by atoms with Gasteiger partial charge in [0.2, 0.25) is 0 Å². The first-order valence-corrected chi connectivity index (χ1v) is 14.7. The molecule has 16 heteroatoms. The smallest absolute Gasteiger partial charge is 0.437 e. The number of nitrogens with one attached hydrogen (secondary N) is 2. The molecule has 6 N–H and O–H groups in total. The Bertz CT molecular complexity index is 1350. The molecule has 1 unspecified atom stereocenters. The van der Waals surface area contributed by atoms with Gasteiger partial charge in [-0.15, -0.1) is 10.0 Å². The van der Waals surface area contributed by atoms with Crippen molar-refractivity contribution in [3.63, 3.8) is 0 Å². The number of ether oxygens (including phenoxy) is 2. The van der Waals surface area contributed by atoms with Gasteiger partial charge in [-0.05, 0) is 81.3 Å². The highest BCUT2D eigenvalue weighted by Crippen LogP contribution is 2.34. The molecular weight excluding hydrogens is 621 g/mol. The summed E-state index contributed by atoms with van der Waals surface area (Å²) in [6.45, 7) is 5.98. The van der Waals surface area contributed by atoms with E-state index in [9.17, 15) is 19.2 Å². The molecule has 0 spiro atoms. The zero-order valence-corrected chi connectivity index (χ0v) is 27.5. The topological polar surface area (TPSA) is 176 Å². The fourth-order valence-corrected chi connectivity index (χ4v) is 4.65. The lowest BCUT2D eigenvalue weighted by molar-refractivity contribution is 0.119. The molecule has 2 aromatic carbocycles. The zero-order chi connectivity index (χ0) is 33.7. The maximum absolute atomic E-state index is 13.9. The Labute approximate surface area is 273 Å². The standard InChI is InChI=1S/C29H40N8O6S2/c1-20(29(2,3)35(22-17-10-7-11-18-22)26(39)37(28(41)43-5)33-24(31)45)14-12-13-19-34(21-15-8-6-9-16-21)25(38)36(27(40)42-4)32-23(30)44/h6-11,15-18,20H,12-14,19H2,1-5H3,(H3,30,32,44)(H3,31,33,45). The summed E-state index contributed by atoms with van der Waals surface area (Å²) in [6, 6.07) is 16.2. The number of methoxy groups -OCH3 is 2. The van der Waals surface area contributed by atoms with Crippen LogP contribution in [0.2, 0.25) is 0 Å². The van der Waals surface area contributed by atoms with Crippen LogP contribution >= 0.6 is 24.4 Å². The van der Waals surface area contributed by atoms with E-state index in [4.69, 9.17) is 45.4 Å². The number of benzene rings is 2. The number of amides is 6. The quantitative estimate of drug-likeness (QED) is 0.169. The average molecular weight is 661 g/mol. The second-order valence-corrected chi connectivity index (χ2v) is 11.2. The lowest BCUT2D eigenvalue weighted by Crippen LogP contribution is -2.62. The van der Waals surface area contributed by atoms with Crippen molar-refractivity contribution in [3.05, 3.63) is 60.7 Å². The second-order valence-electron chi connectivity index (χ2n) is 10.3. The summed E-state index contributed by atoms with van der Waals surface area (Å²) < 4.78 is 9.52. The number of hydrogen-bond donors (Lipinski definition) is 4. The number of thiocarbonyl (C=S) groups is 2. The minimum Gasteiger partial charge on any atom is -0.451 e. The van der Waals surface area contributed by atoms with E-state index in [-0.39, 0.29) is 22.7 Å². The normalized spacial score (nSPS) is 11.3. The molecule has 1 atom stereocenters. The third-order valence-electron chi connectivity index (χ3n) is 7.10. The van der Waals surface area contributed by atoms with E-state index in [0.717, 1.165) is 14.2 Å². The van der Waals surface area contributed by atoms with Gasteiger partial charge in [-0.2, -0.15) is 0 Å². The number of nitrogens with two attached hydrogens (primary N) is 2. The predicted octanol–water partition coefficient (Wildman–Crippen LogP) is 4.46. The highest BCUT2D eigenvalue weighted by Gasteiger charge is 2.41. The Morgan fingerprint density at radius 1 is 0.778 bits per heavy atom. The van der Waals surface area contributed by atoms with Crippen LogP contribution in [0, 0.1) is 5.92 Å². The summed E-state index contributed by atoms with van der Waals surface area (Å²) in [5, 5.41) is 0.656. The summed E-state index contributed by atoms with van der Waals surface area (Å²) in [6.07, 6.45) is -0.202. The van der Waals surface area contributed by atoms with Crippen molar-refractivity contribution in [2.24, 2.45) is 17.4 Å². The zero-order valence-electron chi connectivity index (χ0n) is 25.9. The summed E-state index contributed by atoms with van der Waals surface area (Å²) in [5.41, 5.74) is 16.1. The number of anilines is 2. The molecule has 0 bridgehead atoms. The molecule has 2 rings (SSSR count). The third-order valence-corrected chi connectivity index (χ3v) is 7.28. The molecule has 2 aromatic rings. The van der Waals surface area contributed by atoms with Crippen LogP contribution in [0.4, 0.5) is 30.6 Å². The first kappa shape index (κ1) is 36.5. The number of nitrogens with zero attached hydrogens (tertiary/aromatic N) is 4. The van der Waals surface area contributed by atoms with E-state index in [1.807, 2.05) is 26.8 Å². The number of unbranched alkanes of at least 4 members (excludes halogenated alkanes) is 1. The minimum absolute atomic E-state index is 0.130. The maximum Gasteiger partial charge on any atom is 0.437 e. The van der Waals surface area contributed by atoms with Crippen LogP contribution in [0.25, 0.3) is 0 Å². The second kappa shape index (κ2) is 17.0. The van der Waals surface area contributed by atoms with Gasteiger partial charge in [-0.25, -0.2) is 19.2 Å². The fraction of sp³-hybridized carbons (Fsp3) is 0.379. The van der Waals surface area contributed by atoms with Crippen LogP contribution in [0.5, 0.6) is 0 Å². The molecule has 0 saturated carbocycles. The van der Waals surface area contributed by atoms with E-state index in [1.54, 1.807) is 54.6 Å². The van der Waals surface area contributed by atoms with Gasteiger partial charge in [0, 0.05) is 23.5 Å². The summed E-state index contributed by atoms with van der Waals surface area (Å²) in [4.78, 5) is 55.1. The summed E-state index contributed by atoms with van der Waals surface area (Å²) >= 11 is 9.72. The molecule has 0 aromatic heterocycles. The summed E-state index contributed by atoms with van der Waals surface area (Å²) in [7, 11) is 2.27. The molecule has 0 radical (unpaired) electrons. The molecule has 0 aliphatic rings. The molecule has 6 amide bonds. The van der Waals surface area contributed by atoms with Crippen molar-refractivity contribution in [2.45, 2.75) is 45.6 Å². The number of carbonyl (C=O) groups is 4. The molecule has 244 valence electrons. The van der Waals surface area contributed by atoms with Crippen molar-refractivity contribution >= 4 is 70.3 Å². The highest BCUT2D eigenvalue weighted by atomic mass is 32.1. The van der Waals surface area contributed by atoms with E-state index >= 15 is 0 Å². The van der Waals surface area contributed by atoms with Gasteiger partial charge in [-0.3, -0.25) is 20.7 Å². The van der Waals surface area contributed by atoms with Gasteiger partial charge >= 0.3 is 24.2 Å². The number of carbonyl (C=O) groups excluding carboxylic acids is 4. The maximum atomic E-state index is 13.9. The van der Waals surface area contributed by atoms with Gasteiger partial charge in [0.05, 0.1) is 14.2 Å². The van der Waals surface area contributed by atoms with Crippen molar-refractivity contribution in [1.29, 1.82) is 0 Å². The molecule has 0 fully saturated rings. The average Bonchev–Trinajstić information content (AvgIpc) is 3.01. The number of para-hydroxylation sites is 2. The van der Waals surface area contributed by atoms with Crippen LogP contribution in [-0.2, 0) is 9.47 Å². The van der Waals surface area contributed by atoms with Crippen LogP contribution in [0.3, 0.4) is 0 Å². The first-order chi connectivity index (χ1) is 21.3.